The number of hydrogen-bond acceptors (Lipinski definition) is 4. The lowest BCUT2D eigenvalue weighted by atomic mass is 9.87. The molecule has 9 rings (SSSR count). The van der Waals surface area contributed by atoms with E-state index < -0.39 is 19.3 Å². The third-order valence-corrected chi connectivity index (χ3v) is 28.4. The van der Waals surface area contributed by atoms with Crippen molar-refractivity contribution in [1.29, 1.82) is 0 Å². The lowest BCUT2D eigenvalue weighted by Crippen LogP contribution is -2.47. The molecule has 0 N–H and O–H groups in total. The van der Waals surface area contributed by atoms with E-state index in [1.807, 2.05) is 11.3 Å². The van der Waals surface area contributed by atoms with Crippen molar-refractivity contribution in [1.82, 2.24) is 0 Å². The lowest BCUT2D eigenvalue weighted by Gasteiger charge is -2.33. The van der Waals surface area contributed by atoms with Gasteiger partial charge in [-0.2, -0.15) is 0 Å². The highest BCUT2D eigenvalue weighted by Gasteiger charge is 2.57. The van der Waals surface area contributed by atoms with Gasteiger partial charge in [0.25, 0.3) is 0 Å². The summed E-state index contributed by atoms with van der Waals surface area (Å²) < 4.78 is 14.4. The largest absolute Gasteiger partial charge is 0.366 e. The van der Waals surface area contributed by atoms with Crippen LogP contribution in [0.1, 0.15) is 299 Å². The van der Waals surface area contributed by atoms with Gasteiger partial charge in [-0.3, -0.25) is 0 Å². The van der Waals surface area contributed by atoms with Gasteiger partial charge in [0.05, 0.1) is 0 Å². The molecule has 462 valence electrons. The summed E-state index contributed by atoms with van der Waals surface area (Å²) in [5.41, 5.74) is 13.1. The third kappa shape index (κ3) is 15.5. The minimum atomic E-state index is -2.32. The number of fused-ring (bicyclic) bond motifs is 8. The molecule has 5 heteroatoms. The van der Waals surface area contributed by atoms with Gasteiger partial charge in [-0.1, -0.05) is 269 Å². The molecule has 0 spiro atoms. The Morgan fingerprint density at radius 3 is 1.19 bits per heavy atom. The Hall–Kier alpha value is -3.58. The Kier molecular flexibility index (Phi) is 25.4. The van der Waals surface area contributed by atoms with Crippen LogP contribution in [-0.2, 0) is 33.5 Å². The summed E-state index contributed by atoms with van der Waals surface area (Å²) in [5.74, 6) is 0. The number of aryl methyl sites for hydroxylation is 2. The molecule has 2 unspecified atom stereocenters. The molecular weight excluding hydrogens is 1090 g/mol. The van der Waals surface area contributed by atoms with Gasteiger partial charge in [-0.25, -0.2) is 0 Å². The number of rotatable bonds is 42. The molecule has 3 aliphatic rings. The second-order valence-electron chi connectivity index (χ2n) is 26.9. The maximum Gasteiger partial charge on any atom is 0.121 e. The van der Waals surface area contributed by atoms with Crippen LogP contribution in [0.2, 0.25) is 12.1 Å². The van der Waals surface area contributed by atoms with E-state index in [0.29, 0.717) is 13.2 Å². The van der Waals surface area contributed by atoms with Gasteiger partial charge in [0.15, 0.2) is 0 Å². The summed E-state index contributed by atoms with van der Waals surface area (Å²) in [6.45, 7) is 19.9. The maximum atomic E-state index is 7.37. The molecule has 2 aliphatic carbocycles. The molecule has 0 fully saturated rings. The second kappa shape index (κ2) is 32.8. The van der Waals surface area contributed by atoms with Gasteiger partial charge in [0.2, 0.25) is 0 Å². The molecule has 0 amide bonds. The summed E-state index contributed by atoms with van der Waals surface area (Å²) in [6.07, 6.45) is 46.1. The van der Waals surface area contributed by atoms with Crippen molar-refractivity contribution in [2.75, 3.05) is 13.2 Å². The van der Waals surface area contributed by atoms with Crippen LogP contribution in [0.25, 0.3) is 52.9 Å². The zero-order valence-corrected chi connectivity index (χ0v) is 57.7. The Morgan fingerprint density at radius 2 is 0.741 bits per heavy atom. The second-order valence-corrected chi connectivity index (χ2v) is 33.2. The first kappa shape index (κ1) is 65.9. The molecule has 85 heavy (non-hydrogen) atoms. The van der Waals surface area contributed by atoms with Crippen LogP contribution >= 0.6 is 22.7 Å². The quantitative estimate of drug-likeness (QED) is 0.0281. The van der Waals surface area contributed by atoms with Crippen molar-refractivity contribution in [3.8, 4) is 31.3 Å². The number of benzene rings is 4. The first-order valence-electron chi connectivity index (χ1n) is 35.8. The topological polar surface area (TPSA) is 18.5 Å². The average molecular weight is 1200 g/mol. The predicted molar refractivity (Wildman–Crippen MR) is 379 cm³/mol. The fourth-order valence-corrected chi connectivity index (χ4v) is 24.8. The van der Waals surface area contributed by atoms with Crippen molar-refractivity contribution in [3.05, 3.63) is 123 Å². The van der Waals surface area contributed by atoms with Crippen LogP contribution < -0.4 is 5.19 Å². The van der Waals surface area contributed by atoms with Gasteiger partial charge in [0.1, 0.15) is 19.3 Å². The zero-order valence-electron chi connectivity index (χ0n) is 55.1. The Bertz CT molecular complexity index is 3010. The highest BCUT2D eigenvalue weighted by Crippen LogP contribution is 2.63. The van der Waals surface area contributed by atoms with E-state index in [1.54, 1.807) is 20.8 Å². The third-order valence-electron chi connectivity index (χ3n) is 20.5. The summed E-state index contributed by atoms with van der Waals surface area (Å²) in [6, 6.07) is 37.7. The van der Waals surface area contributed by atoms with Crippen molar-refractivity contribution < 1.29 is 9.47 Å². The minimum Gasteiger partial charge on any atom is -0.366 e. The normalized spacial score (nSPS) is 17.3. The Balaban J connectivity index is 1.02. The van der Waals surface area contributed by atoms with Crippen LogP contribution in [0, 0.1) is 0 Å². The van der Waals surface area contributed by atoms with E-state index in [-0.39, 0.29) is 0 Å². The SMILES string of the molecule is CCCCCCCCCCCCc1ccc(-c2cc3c(s2)C2=C(c4cc5cc6c(cc5cc4C2(C)OCC)-c2sc(-c4ccc(CCCCCCCCCCCC)cc4)cc2C6(C)OCC)[Si]3(CCCCCCCC)CCCCCCCC)cc1. The van der Waals surface area contributed by atoms with Gasteiger partial charge in [0, 0.05) is 43.9 Å². The smallest absolute Gasteiger partial charge is 0.121 e. The van der Waals surface area contributed by atoms with Gasteiger partial charge in [-0.15, -0.1) is 22.7 Å². The number of thiophene rings is 2. The number of ether oxygens (including phenoxy) is 2. The molecule has 1 aliphatic heterocycles. The summed E-state index contributed by atoms with van der Waals surface area (Å²) in [7, 11) is -2.32. The van der Waals surface area contributed by atoms with E-state index in [4.69, 9.17) is 9.47 Å². The highest BCUT2D eigenvalue weighted by atomic mass is 32.1. The molecule has 2 aromatic heterocycles. The predicted octanol–water partition coefficient (Wildman–Crippen LogP) is 25.6. The van der Waals surface area contributed by atoms with Crippen molar-refractivity contribution in [2.45, 2.75) is 297 Å². The summed E-state index contributed by atoms with van der Waals surface area (Å²) in [4.78, 5) is 5.74. The standard InChI is InChI=1S/C80H114O2S2Si/c1-9-15-19-23-27-29-31-33-35-39-43-61-45-49-63(50-46-61)72-59-71-76(83-72)67-55-65-58-70-68(56-66(65)57-69(67)79(71,7)81-13-5)78-75(80(70,8)82-14-6)77-74(85(78,53-41-37-25-21-17-11-3)54-42-38-26-22-18-12-4)60-73(84-77)64-51-47-62(48-52-64)44-40-36-34-32-30-28-24-20-16-10-2/h45-52,55-60H,9-44,53-54H2,1-8H3. The van der Waals surface area contributed by atoms with E-state index >= 15 is 0 Å². The molecule has 6 aromatic rings. The molecule has 0 saturated heterocycles. The minimum absolute atomic E-state index is 0.520. The molecule has 2 nitrogen and oxygen atoms in total. The lowest BCUT2D eigenvalue weighted by molar-refractivity contribution is 0.00779. The van der Waals surface area contributed by atoms with Gasteiger partial charge in [-0.05, 0) is 168 Å². The monoisotopic (exact) mass is 1200 g/mol. The maximum absolute atomic E-state index is 7.37. The van der Waals surface area contributed by atoms with Crippen molar-refractivity contribution >= 4 is 57.5 Å². The molecule has 0 bridgehead atoms. The van der Waals surface area contributed by atoms with Gasteiger partial charge >= 0.3 is 0 Å². The van der Waals surface area contributed by atoms with Crippen LogP contribution in [0.4, 0.5) is 0 Å². The molecule has 3 heterocycles. The van der Waals surface area contributed by atoms with E-state index in [9.17, 15) is 0 Å². The summed E-state index contributed by atoms with van der Waals surface area (Å²) >= 11 is 4.07. The molecule has 2 atom stereocenters. The fraction of sp³-hybridized carbons (Fsp3) is 0.600. The average Bonchev–Trinajstić information content (AvgIpc) is 1.55. The van der Waals surface area contributed by atoms with Crippen LogP contribution in [0.15, 0.2) is 84.9 Å². The van der Waals surface area contributed by atoms with Crippen molar-refractivity contribution in [3.63, 3.8) is 0 Å². The van der Waals surface area contributed by atoms with Crippen LogP contribution in [0.5, 0.6) is 0 Å². The fourth-order valence-electron chi connectivity index (χ4n) is 15.6. The number of hydrogen-bond donors (Lipinski definition) is 0. The van der Waals surface area contributed by atoms with Gasteiger partial charge < -0.3 is 9.47 Å². The van der Waals surface area contributed by atoms with Crippen molar-refractivity contribution in [2.24, 2.45) is 0 Å². The Morgan fingerprint density at radius 1 is 0.365 bits per heavy atom. The highest BCUT2D eigenvalue weighted by molar-refractivity contribution is 7.23. The molecule has 4 aromatic carbocycles. The van der Waals surface area contributed by atoms with Crippen LogP contribution in [0.3, 0.4) is 0 Å². The zero-order chi connectivity index (χ0) is 59.5. The first-order chi connectivity index (χ1) is 41.7. The molecule has 0 saturated carbocycles. The summed E-state index contributed by atoms with van der Waals surface area (Å²) in [5, 5.41) is 6.16. The van der Waals surface area contributed by atoms with Crippen LogP contribution in [-0.4, -0.2) is 21.3 Å². The van der Waals surface area contributed by atoms with E-state index in [1.165, 1.54) is 306 Å². The van der Waals surface area contributed by atoms with E-state index in [0.717, 1.165) is 0 Å². The Labute approximate surface area is 528 Å². The molecular formula is C80H114O2S2Si. The first-order valence-corrected chi connectivity index (χ1v) is 39.9. The molecule has 0 radical (unpaired) electrons. The number of unbranched alkanes of at least 4 members (excludes halogenated alkanes) is 28. The van der Waals surface area contributed by atoms with E-state index in [2.05, 4.69) is 152 Å².